The molecule has 2 heterocycles. The summed E-state index contributed by atoms with van der Waals surface area (Å²) >= 11 is 7.87. The molecule has 0 aliphatic carbocycles. The molecule has 0 saturated carbocycles. The van der Waals surface area contributed by atoms with Crippen molar-refractivity contribution in [2.45, 2.75) is 6.92 Å². The standard InChI is InChI=1S/C14H10ClNS/c1-9-13(15)6-10(7-16-9)12-8-17-14-5-3-2-4-11(12)14/h2-8H,1H3. The lowest BCUT2D eigenvalue weighted by Gasteiger charge is -2.02. The number of nitrogens with zero attached hydrogens (tertiary/aromatic N) is 1. The Bertz CT molecular complexity index is 688. The minimum atomic E-state index is 0.720. The van der Waals surface area contributed by atoms with E-state index in [0.29, 0.717) is 0 Å². The number of hydrogen-bond donors (Lipinski definition) is 0. The Kier molecular flexibility index (Phi) is 2.61. The van der Waals surface area contributed by atoms with Crippen molar-refractivity contribution in [1.29, 1.82) is 0 Å². The highest BCUT2D eigenvalue weighted by atomic mass is 35.5. The molecule has 2 aromatic heterocycles. The first-order valence-electron chi connectivity index (χ1n) is 5.34. The maximum Gasteiger partial charge on any atom is 0.0624 e. The van der Waals surface area contributed by atoms with E-state index in [1.165, 1.54) is 15.6 Å². The summed E-state index contributed by atoms with van der Waals surface area (Å²) in [7, 11) is 0. The smallest absolute Gasteiger partial charge is 0.0624 e. The van der Waals surface area contributed by atoms with Crippen molar-refractivity contribution in [1.82, 2.24) is 4.98 Å². The van der Waals surface area contributed by atoms with Crippen LogP contribution < -0.4 is 0 Å². The highest BCUT2D eigenvalue weighted by molar-refractivity contribution is 7.17. The lowest BCUT2D eigenvalue weighted by atomic mass is 10.1. The van der Waals surface area contributed by atoms with E-state index in [1.54, 1.807) is 11.3 Å². The lowest BCUT2D eigenvalue weighted by Crippen LogP contribution is -1.84. The molecule has 1 aromatic carbocycles. The number of hydrogen-bond acceptors (Lipinski definition) is 2. The minimum absolute atomic E-state index is 0.720. The largest absolute Gasteiger partial charge is 0.259 e. The van der Waals surface area contributed by atoms with Crippen molar-refractivity contribution in [3.8, 4) is 11.1 Å². The number of rotatable bonds is 1. The van der Waals surface area contributed by atoms with Crippen LogP contribution in [0.4, 0.5) is 0 Å². The third-order valence-electron chi connectivity index (χ3n) is 2.82. The monoisotopic (exact) mass is 259 g/mol. The van der Waals surface area contributed by atoms with Crippen molar-refractivity contribution >= 4 is 33.0 Å². The van der Waals surface area contributed by atoms with E-state index < -0.39 is 0 Å². The molecule has 0 spiro atoms. The molecule has 0 atom stereocenters. The molecule has 1 nitrogen and oxygen atoms in total. The molecular weight excluding hydrogens is 250 g/mol. The molecule has 3 aromatic rings. The van der Waals surface area contributed by atoms with Gasteiger partial charge in [0, 0.05) is 27.4 Å². The van der Waals surface area contributed by atoms with Gasteiger partial charge in [-0.25, -0.2) is 0 Å². The molecule has 0 saturated heterocycles. The Morgan fingerprint density at radius 1 is 1.24 bits per heavy atom. The highest BCUT2D eigenvalue weighted by Gasteiger charge is 2.07. The number of aryl methyl sites for hydroxylation is 1. The van der Waals surface area contributed by atoms with Gasteiger partial charge in [-0.1, -0.05) is 29.8 Å². The summed E-state index contributed by atoms with van der Waals surface area (Å²) in [6.07, 6.45) is 1.88. The van der Waals surface area contributed by atoms with Crippen LogP contribution >= 0.6 is 22.9 Å². The highest BCUT2D eigenvalue weighted by Crippen LogP contribution is 2.34. The van der Waals surface area contributed by atoms with Gasteiger partial charge in [0.25, 0.3) is 0 Å². The van der Waals surface area contributed by atoms with Crippen LogP contribution in [0.2, 0.25) is 5.02 Å². The molecule has 0 N–H and O–H groups in total. The second-order valence-electron chi connectivity index (χ2n) is 3.94. The Morgan fingerprint density at radius 3 is 2.88 bits per heavy atom. The molecule has 3 heteroatoms. The van der Waals surface area contributed by atoms with Gasteiger partial charge in [0.1, 0.15) is 0 Å². The van der Waals surface area contributed by atoms with Crippen LogP contribution in [0.15, 0.2) is 41.9 Å². The summed E-state index contributed by atoms with van der Waals surface area (Å²) in [5.74, 6) is 0. The van der Waals surface area contributed by atoms with Gasteiger partial charge >= 0.3 is 0 Å². The summed E-state index contributed by atoms with van der Waals surface area (Å²) in [5, 5.41) is 4.14. The fourth-order valence-electron chi connectivity index (χ4n) is 1.85. The molecule has 0 aliphatic heterocycles. The van der Waals surface area contributed by atoms with Crippen LogP contribution in [-0.4, -0.2) is 4.98 Å². The van der Waals surface area contributed by atoms with E-state index >= 15 is 0 Å². The third-order valence-corrected chi connectivity index (χ3v) is 4.16. The number of fused-ring (bicyclic) bond motifs is 1. The number of aromatic nitrogens is 1. The number of benzene rings is 1. The van der Waals surface area contributed by atoms with Crippen LogP contribution in [-0.2, 0) is 0 Å². The summed E-state index contributed by atoms with van der Waals surface area (Å²) < 4.78 is 1.29. The number of thiophene rings is 1. The zero-order valence-corrected chi connectivity index (χ0v) is 10.8. The molecule has 3 rings (SSSR count). The summed E-state index contributed by atoms with van der Waals surface area (Å²) in [6.45, 7) is 1.91. The maximum absolute atomic E-state index is 6.12. The first-order valence-corrected chi connectivity index (χ1v) is 6.60. The van der Waals surface area contributed by atoms with Crippen LogP contribution in [0.3, 0.4) is 0 Å². The van der Waals surface area contributed by atoms with E-state index in [-0.39, 0.29) is 0 Å². The SMILES string of the molecule is Cc1ncc(-c2csc3ccccc23)cc1Cl. The molecule has 84 valence electrons. The van der Waals surface area contributed by atoms with E-state index in [9.17, 15) is 0 Å². The van der Waals surface area contributed by atoms with Gasteiger partial charge in [-0.05, 0) is 24.4 Å². The Morgan fingerprint density at radius 2 is 2.06 bits per heavy atom. The second kappa shape index (κ2) is 4.13. The van der Waals surface area contributed by atoms with Crippen molar-refractivity contribution in [2.75, 3.05) is 0 Å². The third kappa shape index (κ3) is 1.84. The van der Waals surface area contributed by atoms with E-state index in [2.05, 4.69) is 34.6 Å². The summed E-state index contributed by atoms with van der Waals surface area (Å²) in [5.41, 5.74) is 3.16. The molecule has 0 amide bonds. The summed E-state index contributed by atoms with van der Waals surface area (Å²) in [6, 6.07) is 10.4. The van der Waals surface area contributed by atoms with Gasteiger partial charge in [-0.2, -0.15) is 0 Å². The molecule has 0 bridgehead atoms. The van der Waals surface area contributed by atoms with Crippen molar-refractivity contribution < 1.29 is 0 Å². The molecule has 0 radical (unpaired) electrons. The summed E-state index contributed by atoms with van der Waals surface area (Å²) in [4.78, 5) is 4.31. The molecule has 0 fully saturated rings. The van der Waals surface area contributed by atoms with Gasteiger partial charge in [-0.3, -0.25) is 4.98 Å². The lowest BCUT2D eigenvalue weighted by molar-refractivity contribution is 1.20. The van der Waals surface area contributed by atoms with Crippen LogP contribution in [0.1, 0.15) is 5.69 Å². The van der Waals surface area contributed by atoms with Crippen LogP contribution in [0.5, 0.6) is 0 Å². The van der Waals surface area contributed by atoms with Gasteiger partial charge in [0.15, 0.2) is 0 Å². The average molecular weight is 260 g/mol. The predicted molar refractivity (Wildman–Crippen MR) is 74.8 cm³/mol. The van der Waals surface area contributed by atoms with Crippen molar-refractivity contribution in [3.05, 3.63) is 52.6 Å². The topological polar surface area (TPSA) is 12.9 Å². The number of halogens is 1. The zero-order chi connectivity index (χ0) is 11.8. The fraction of sp³-hybridized carbons (Fsp3) is 0.0714. The van der Waals surface area contributed by atoms with E-state index in [4.69, 9.17) is 11.6 Å². The van der Waals surface area contributed by atoms with Gasteiger partial charge in [0.2, 0.25) is 0 Å². The molecule has 0 aliphatic rings. The zero-order valence-electron chi connectivity index (χ0n) is 9.27. The average Bonchev–Trinajstić information content (AvgIpc) is 2.76. The fourth-order valence-corrected chi connectivity index (χ4v) is 2.99. The maximum atomic E-state index is 6.12. The molecule has 17 heavy (non-hydrogen) atoms. The normalized spacial score (nSPS) is 10.9. The predicted octanol–water partition coefficient (Wildman–Crippen LogP) is 4.93. The van der Waals surface area contributed by atoms with Crippen molar-refractivity contribution in [3.63, 3.8) is 0 Å². The molecule has 0 unspecified atom stereocenters. The number of pyridine rings is 1. The van der Waals surface area contributed by atoms with Gasteiger partial charge < -0.3 is 0 Å². The van der Waals surface area contributed by atoms with E-state index in [1.807, 2.05) is 19.2 Å². The van der Waals surface area contributed by atoms with Crippen molar-refractivity contribution in [2.24, 2.45) is 0 Å². The van der Waals surface area contributed by atoms with Crippen LogP contribution in [0.25, 0.3) is 21.2 Å². The first-order chi connectivity index (χ1) is 8.25. The van der Waals surface area contributed by atoms with E-state index in [0.717, 1.165) is 16.3 Å². The van der Waals surface area contributed by atoms with Gasteiger partial charge in [0.05, 0.1) is 10.7 Å². The minimum Gasteiger partial charge on any atom is -0.259 e. The van der Waals surface area contributed by atoms with Gasteiger partial charge in [-0.15, -0.1) is 11.3 Å². The Balaban J connectivity index is 2.24. The second-order valence-corrected chi connectivity index (χ2v) is 5.26. The van der Waals surface area contributed by atoms with Crippen LogP contribution in [0, 0.1) is 6.92 Å². The molecular formula is C14H10ClNS. The Hall–Kier alpha value is -1.38. The Labute approximate surface area is 109 Å². The first kappa shape index (κ1) is 10.8. The quantitative estimate of drug-likeness (QED) is 0.604.